The molecular weight excluding hydrogens is 407 g/mol. The molecule has 0 atom stereocenters. The molecule has 8 heteroatoms. The van der Waals surface area contributed by atoms with Crippen molar-refractivity contribution in [3.05, 3.63) is 60.5 Å². The van der Waals surface area contributed by atoms with Crippen LogP contribution in [0.5, 0.6) is 5.75 Å². The third-order valence-electron chi connectivity index (χ3n) is 5.84. The Hall–Kier alpha value is -3.68. The lowest BCUT2D eigenvalue weighted by atomic mass is 9.95. The van der Waals surface area contributed by atoms with Crippen LogP contribution in [0.4, 0.5) is 27.7 Å². The minimum atomic E-state index is -0.317. The molecule has 1 aliphatic carbocycles. The van der Waals surface area contributed by atoms with Crippen molar-refractivity contribution in [1.29, 1.82) is 0 Å². The summed E-state index contributed by atoms with van der Waals surface area (Å²) in [7, 11) is 1.64. The Morgan fingerprint density at radius 3 is 2.50 bits per heavy atom. The number of hydrogen-bond acceptors (Lipinski definition) is 6. The molecule has 2 heterocycles. The Morgan fingerprint density at radius 2 is 1.75 bits per heavy atom. The van der Waals surface area contributed by atoms with Gasteiger partial charge in [0.2, 0.25) is 11.9 Å². The molecule has 0 amide bonds. The summed E-state index contributed by atoms with van der Waals surface area (Å²) in [5.74, 6) is 1.54. The number of fused-ring (bicyclic) bond motifs is 1. The zero-order valence-corrected chi connectivity index (χ0v) is 17.9. The first kappa shape index (κ1) is 20.2. The number of benzene rings is 2. The monoisotopic (exact) mass is 432 g/mol. The van der Waals surface area contributed by atoms with Crippen LogP contribution in [0.2, 0.25) is 0 Å². The standard InChI is InChI=1S/C24H25FN6O/c1-32-18-13-11-16(12-14-18)27-23-26-15-21-22(30-23)31(17-7-3-2-4-8-17)24(29-21)28-20-10-6-5-9-19(20)25/h5-6,9-15,17H,2-4,7-8H2,1H3,(H,28,29)(H,26,27,30). The van der Waals surface area contributed by atoms with Gasteiger partial charge in [-0.3, -0.25) is 4.57 Å². The summed E-state index contributed by atoms with van der Waals surface area (Å²) < 4.78 is 21.6. The third kappa shape index (κ3) is 4.08. The fourth-order valence-electron chi connectivity index (χ4n) is 4.21. The molecule has 164 valence electrons. The lowest BCUT2D eigenvalue weighted by molar-refractivity contribution is 0.361. The van der Waals surface area contributed by atoms with E-state index < -0.39 is 0 Å². The topological polar surface area (TPSA) is 76.9 Å². The molecule has 1 saturated carbocycles. The fraction of sp³-hybridized carbons (Fsp3) is 0.292. The largest absolute Gasteiger partial charge is 0.497 e. The zero-order valence-electron chi connectivity index (χ0n) is 17.9. The fourth-order valence-corrected chi connectivity index (χ4v) is 4.21. The maximum absolute atomic E-state index is 14.3. The molecule has 1 aliphatic rings. The number of rotatable bonds is 6. The first-order chi connectivity index (χ1) is 15.7. The second-order valence-corrected chi connectivity index (χ2v) is 7.96. The number of anilines is 4. The molecule has 0 saturated heterocycles. The maximum Gasteiger partial charge on any atom is 0.229 e. The molecule has 5 rings (SSSR count). The molecule has 7 nitrogen and oxygen atoms in total. The Bertz CT molecular complexity index is 1220. The number of aromatic nitrogens is 4. The SMILES string of the molecule is COc1ccc(Nc2ncc3nc(Nc4ccccc4F)n(C4CCCCC4)c3n2)cc1. The maximum atomic E-state index is 14.3. The summed E-state index contributed by atoms with van der Waals surface area (Å²) in [6.45, 7) is 0. The number of nitrogens with one attached hydrogen (secondary N) is 2. The van der Waals surface area contributed by atoms with E-state index in [9.17, 15) is 4.39 Å². The number of nitrogens with zero attached hydrogens (tertiary/aromatic N) is 4. The van der Waals surface area contributed by atoms with Crippen LogP contribution in [0.15, 0.2) is 54.7 Å². The van der Waals surface area contributed by atoms with Gasteiger partial charge in [-0.15, -0.1) is 0 Å². The number of para-hydroxylation sites is 1. The summed E-state index contributed by atoms with van der Waals surface area (Å²) in [6.07, 6.45) is 7.35. The number of halogens is 1. The summed E-state index contributed by atoms with van der Waals surface area (Å²) in [5.41, 5.74) is 2.67. The van der Waals surface area contributed by atoms with E-state index in [0.29, 0.717) is 23.1 Å². The van der Waals surface area contributed by atoms with Crippen molar-refractivity contribution in [3.8, 4) is 5.75 Å². The van der Waals surface area contributed by atoms with Crippen molar-refractivity contribution < 1.29 is 9.13 Å². The van der Waals surface area contributed by atoms with Gasteiger partial charge in [-0.05, 0) is 49.2 Å². The molecule has 1 fully saturated rings. The molecule has 0 unspecified atom stereocenters. The van der Waals surface area contributed by atoms with Gasteiger partial charge in [0.1, 0.15) is 17.1 Å². The van der Waals surface area contributed by atoms with E-state index in [-0.39, 0.29) is 11.9 Å². The van der Waals surface area contributed by atoms with Gasteiger partial charge in [-0.2, -0.15) is 4.98 Å². The summed E-state index contributed by atoms with van der Waals surface area (Å²) >= 11 is 0. The Kier molecular flexibility index (Phi) is 5.58. The molecule has 2 aromatic carbocycles. The van der Waals surface area contributed by atoms with Gasteiger partial charge in [-0.1, -0.05) is 31.4 Å². The van der Waals surface area contributed by atoms with Gasteiger partial charge < -0.3 is 15.4 Å². The van der Waals surface area contributed by atoms with Crippen molar-refractivity contribution in [1.82, 2.24) is 19.5 Å². The molecule has 32 heavy (non-hydrogen) atoms. The molecule has 0 aliphatic heterocycles. The first-order valence-electron chi connectivity index (χ1n) is 10.9. The summed E-state index contributed by atoms with van der Waals surface area (Å²) in [5, 5.41) is 6.43. The third-order valence-corrected chi connectivity index (χ3v) is 5.84. The highest BCUT2D eigenvalue weighted by Gasteiger charge is 2.23. The molecule has 0 spiro atoms. The number of hydrogen-bond donors (Lipinski definition) is 2. The van der Waals surface area contributed by atoms with E-state index in [0.717, 1.165) is 42.8 Å². The first-order valence-corrected chi connectivity index (χ1v) is 10.9. The van der Waals surface area contributed by atoms with Crippen molar-refractivity contribution >= 4 is 34.4 Å². The van der Waals surface area contributed by atoms with E-state index in [4.69, 9.17) is 14.7 Å². The highest BCUT2D eigenvalue weighted by atomic mass is 19.1. The van der Waals surface area contributed by atoms with Crippen LogP contribution >= 0.6 is 0 Å². The molecule has 4 aromatic rings. The van der Waals surface area contributed by atoms with Crippen molar-refractivity contribution in [2.45, 2.75) is 38.1 Å². The van der Waals surface area contributed by atoms with E-state index in [1.54, 1.807) is 31.5 Å². The second kappa shape index (κ2) is 8.82. The Balaban J connectivity index is 1.53. The van der Waals surface area contributed by atoms with Crippen molar-refractivity contribution in [2.24, 2.45) is 0 Å². The lowest BCUT2D eigenvalue weighted by Crippen LogP contribution is -2.16. The van der Waals surface area contributed by atoms with Crippen LogP contribution in [-0.4, -0.2) is 26.6 Å². The normalized spacial score (nSPS) is 14.4. The van der Waals surface area contributed by atoms with Gasteiger partial charge in [-0.25, -0.2) is 14.4 Å². The molecule has 0 bridgehead atoms. The van der Waals surface area contributed by atoms with E-state index in [1.807, 2.05) is 24.3 Å². The van der Waals surface area contributed by atoms with Crippen LogP contribution < -0.4 is 15.4 Å². The minimum Gasteiger partial charge on any atom is -0.497 e. The number of methoxy groups -OCH3 is 1. The predicted octanol–water partition coefficient (Wildman–Crippen LogP) is 5.97. The van der Waals surface area contributed by atoms with Gasteiger partial charge in [0.25, 0.3) is 0 Å². The average molecular weight is 433 g/mol. The smallest absolute Gasteiger partial charge is 0.229 e. The second-order valence-electron chi connectivity index (χ2n) is 7.96. The minimum absolute atomic E-state index is 0.256. The summed E-state index contributed by atoms with van der Waals surface area (Å²) in [6, 6.07) is 14.5. The lowest BCUT2D eigenvalue weighted by Gasteiger charge is -2.25. The quantitative estimate of drug-likeness (QED) is 0.391. The van der Waals surface area contributed by atoms with Crippen molar-refractivity contribution in [3.63, 3.8) is 0 Å². The molecule has 2 aromatic heterocycles. The van der Waals surface area contributed by atoms with Gasteiger partial charge in [0.05, 0.1) is 19.0 Å². The number of ether oxygens (including phenoxy) is 1. The summed E-state index contributed by atoms with van der Waals surface area (Å²) in [4.78, 5) is 13.9. The van der Waals surface area contributed by atoms with Gasteiger partial charge >= 0.3 is 0 Å². The molecule has 2 N–H and O–H groups in total. The van der Waals surface area contributed by atoms with Gasteiger partial charge in [0.15, 0.2) is 5.65 Å². The zero-order chi connectivity index (χ0) is 21.9. The molecular formula is C24H25FN6O. The van der Waals surface area contributed by atoms with Crippen LogP contribution in [0.1, 0.15) is 38.1 Å². The van der Waals surface area contributed by atoms with Crippen LogP contribution in [-0.2, 0) is 0 Å². The van der Waals surface area contributed by atoms with E-state index >= 15 is 0 Å². The van der Waals surface area contributed by atoms with Crippen molar-refractivity contribution in [2.75, 3.05) is 17.7 Å². The molecule has 0 radical (unpaired) electrons. The average Bonchev–Trinajstić information content (AvgIpc) is 3.19. The highest BCUT2D eigenvalue weighted by Crippen LogP contribution is 2.35. The van der Waals surface area contributed by atoms with Crippen LogP contribution in [0.25, 0.3) is 11.2 Å². The van der Waals surface area contributed by atoms with E-state index in [1.165, 1.54) is 12.5 Å². The predicted molar refractivity (Wildman–Crippen MR) is 123 cm³/mol. The van der Waals surface area contributed by atoms with E-state index in [2.05, 4.69) is 20.2 Å². The highest BCUT2D eigenvalue weighted by molar-refractivity contribution is 5.77. The van der Waals surface area contributed by atoms with Crippen LogP contribution in [0.3, 0.4) is 0 Å². The Labute approximate surface area is 185 Å². The number of imidazole rings is 1. The Morgan fingerprint density at radius 1 is 0.969 bits per heavy atom. The van der Waals surface area contributed by atoms with Gasteiger partial charge in [0, 0.05) is 11.7 Å². The van der Waals surface area contributed by atoms with Crippen LogP contribution in [0, 0.1) is 5.82 Å².